The number of benzene rings is 1. The van der Waals surface area contributed by atoms with Crippen LogP contribution in [0.3, 0.4) is 0 Å². The number of nitrogens with one attached hydrogen (secondary N) is 1. The summed E-state index contributed by atoms with van der Waals surface area (Å²) in [5.41, 5.74) is 1.19. The topological polar surface area (TPSA) is 50.3 Å². The predicted octanol–water partition coefficient (Wildman–Crippen LogP) is 3.09. The highest BCUT2D eigenvalue weighted by Crippen LogP contribution is 2.19. The average molecular weight is 298 g/mol. The van der Waals surface area contributed by atoms with Gasteiger partial charge in [0.1, 0.15) is 23.7 Å². The summed E-state index contributed by atoms with van der Waals surface area (Å²) >= 11 is 0. The smallest absolute Gasteiger partial charge is 0.134 e. The lowest BCUT2D eigenvalue weighted by Gasteiger charge is -2.27. The second-order valence-electron chi connectivity index (χ2n) is 5.51. The van der Waals surface area contributed by atoms with Gasteiger partial charge in [-0.25, -0.2) is 9.97 Å². The summed E-state index contributed by atoms with van der Waals surface area (Å²) in [5, 5.41) is 3.36. The third-order valence-corrected chi connectivity index (χ3v) is 3.97. The second-order valence-corrected chi connectivity index (χ2v) is 5.51. The molecule has 1 aromatic heterocycles. The van der Waals surface area contributed by atoms with E-state index in [0.29, 0.717) is 0 Å². The van der Waals surface area contributed by atoms with Crippen LogP contribution >= 0.6 is 0 Å². The molecule has 116 valence electrons. The van der Waals surface area contributed by atoms with Crippen LogP contribution in [0.4, 0.5) is 11.6 Å². The fraction of sp³-hybridized carbons (Fsp3) is 0.412. The Morgan fingerprint density at radius 1 is 1.09 bits per heavy atom. The van der Waals surface area contributed by atoms with Crippen LogP contribution in [0.1, 0.15) is 24.8 Å². The maximum atomic E-state index is 5.17. The molecule has 0 spiro atoms. The Morgan fingerprint density at radius 2 is 1.86 bits per heavy atom. The predicted molar refractivity (Wildman–Crippen MR) is 88.4 cm³/mol. The van der Waals surface area contributed by atoms with Gasteiger partial charge in [0.15, 0.2) is 0 Å². The van der Waals surface area contributed by atoms with Gasteiger partial charge < -0.3 is 15.0 Å². The van der Waals surface area contributed by atoms with Crippen LogP contribution in [0.15, 0.2) is 36.7 Å². The number of anilines is 2. The third-order valence-electron chi connectivity index (χ3n) is 3.97. The van der Waals surface area contributed by atoms with E-state index in [2.05, 4.69) is 32.3 Å². The maximum Gasteiger partial charge on any atom is 0.134 e. The van der Waals surface area contributed by atoms with Crippen LogP contribution in [-0.2, 0) is 6.54 Å². The Morgan fingerprint density at radius 3 is 2.59 bits per heavy atom. The Balaban J connectivity index is 1.62. The molecule has 1 aliphatic rings. The van der Waals surface area contributed by atoms with E-state index in [9.17, 15) is 0 Å². The Kier molecular flexibility index (Phi) is 4.73. The molecular formula is C17H22N4O. The number of hydrogen-bond acceptors (Lipinski definition) is 5. The summed E-state index contributed by atoms with van der Waals surface area (Å²) in [5.74, 6) is 2.76. The van der Waals surface area contributed by atoms with E-state index < -0.39 is 0 Å². The number of nitrogens with zero attached hydrogens (tertiary/aromatic N) is 3. The maximum absolute atomic E-state index is 5.17. The molecule has 0 atom stereocenters. The molecule has 2 heterocycles. The van der Waals surface area contributed by atoms with Crippen molar-refractivity contribution in [2.24, 2.45) is 0 Å². The molecule has 0 saturated carbocycles. The molecular weight excluding hydrogens is 276 g/mol. The minimum Gasteiger partial charge on any atom is -0.497 e. The Bertz CT molecular complexity index is 594. The highest BCUT2D eigenvalue weighted by atomic mass is 16.5. The quantitative estimate of drug-likeness (QED) is 0.919. The van der Waals surface area contributed by atoms with Gasteiger partial charge in [0.05, 0.1) is 7.11 Å². The molecule has 22 heavy (non-hydrogen) atoms. The van der Waals surface area contributed by atoms with E-state index in [-0.39, 0.29) is 0 Å². The Hall–Kier alpha value is -2.30. The van der Waals surface area contributed by atoms with E-state index in [4.69, 9.17) is 4.74 Å². The van der Waals surface area contributed by atoms with Gasteiger partial charge in [-0.2, -0.15) is 0 Å². The lowest BCUT2D eigenvalue weighted by atomic mass is 10.1. The van der Waals surface area contributed by atoms with Crippen molar-refractivity contribution in [3.63, 3.8) is 0 Å². The second kappa shape index (κ2) is 7.11. The molecule has 5 heteroatoms. The van der Waals surface area contributed by atoms with Crippen molar-refractivity contribution in [1.82, 2.24) is 9.97 Å². The zero-order chi connectivity index (χ0) is 15.2. The van der Waals surface area contributed by atoms with Gasteiger partial charge in [-0.15, -0.1) is 0 Å². The minimum absolute atomic E-state index is 0.737. The molecule has 1 fully saturated rings. The van der Waals surface area contributed by atoms with Gasteiger partial charge in [0.2, 0.25) is 0 Å². The average Bonchev–Trinajstić information content (AvgIpc) is 2.61. The molecule has 0 amide bonds. The largest absolute Gasteiger partial charge is 0.497 e. The SMILES string of the molecule is COc1ccc(CNc2cc(N3CCCCC3)ncn2)cc1. The first kappa shape index (κ1) is 14.6. The highest BCUT2D eigenvalue weighted by molar-refractivity contribution is 5.49. The van der Waals surface area contributed by atoms with Crippen LogP contribution < -0.4 is 15.0 Å². The van der Waals surface area contributed by atoms with Crippen molar-refractivity contribution < 1.29 is 4.74 Å². The zero-order valence-electron chi connectivity index (χ0n) is 13.0. The molecule has 2 aromatic rings. The fourth-order valence-electron chi connectivity index (χ4n) is 2.68. The van der Waals surface area contributed by atoms with Crippen LogP contribution in [0.2, 0.25) is 0 Å². The van der Waals surface area contributed by atoms with E-state index >= 15 is 0 Å². The van der Waals surface area contributed by atoms with Crippen LogP contribution in [0.25, 0.3) is 0 Å². The molecule has 1 saturated heterocycles. The van der Waals surface area contributed by atoms with E-state index in [1.54, 1.807) is 13.4 Å². The normalized spacial score (nSPS) is 14.7. The van der Waals surface area contributed by atoms with Crippen molar-refractivity contribution in [2.75, 3.05) is 30.4 Å². The number of piperidine rings is 1. The van der Waals surface area contributed by atoms with Crippen LogP contribution in [0, 0.1) is 0 Å². The number of ether oxygens (including phenoxy) is 1. The first-order valence-electron chi connectivity index (χ1n) is 7.79. The number of rotatable bonds is 5. The number of aromatic nitrogens is 2. The van der Waals surface area contributed by atoms with Gasteiger partial charge in [-0.3, -0.25) is 0 Å². The van der Waals surface area contributed by atoms with Crippen LogP contribution in [-0.4, -0.2) is 30.2 Å². The summed E-state index contributed by atoms with van der Waals surface area (Å²) in [6.07, 6.45) is 5.46. The lowest BCUT2D eigenvalue weighted by Crippen LogP contribution is -2.30. The number of hydrogen-bond donors (Lipinski definition) is 1. The molecule has 3 rings (SSSR count). The number of methoxy groups -OCH3 is 1. The summed E-state index contributed by atoms with van der Waals surface area (Å²) in [6.45, 7) is 2.92. The zero-order valence-corrected chi connectivity index (χ0v) is 13.0. The van der Waals surface area contributed by atoms with Crippen LogP contribution in [0.5, 0.6) is 5.75 Å². The van der Waals surface area contributed by atoms with E-state index in [0.717, 1.165) is 37.0 Å². The molecule has 0 unspecified atom stereocenters. The van der Waals surface area contributed by atoms with Gasteiger partial charge in [0, 0.05) is 25.7 Å². The third kappa shape index (κ3) is 3.67. The standard InChI is InChI=1S/C17H22N4O/c1-22-15-7-5-14(6-8-15)12-18-16-11-17(20-13-19-16)21-9-3-2-4-10-21/h5-8,11,13H,2-4,9-10,12H2,1H3,(H,18,19,20). The minimum atomic E-state index is 0.737. The molecule has 0 bridgehead atoms. The van der Waals surface area contributed by atoms with Gasteiger partial charge >= 0.3 is 0 Å². The van der Waals surface area contributed by atoms with Crippen molar-refractivity contribution in [2.45, 2.75) is 25.8 Å². The van der Waals surface area contributed by atoms with E-state index in [1.165, 1.54) is 24.8 Å². The fourth-order valence-corrected chi connectivity index (χ4v) is 2.68. The summed E-state index contributed by atoms with van der Waals surface area (Å²) < 4.78 is 5.17. The van der Waals surface area contributed by atoms with Crippen molar-refractivity contribution in [3.8, 4) is 5.75 Å². The van der Waals surface area contributed by atoms with Gasteiger partial charge in [-0.1, -0.05) is 12.1 Å². The molecule has 5 nitrogen and oxygen atoms in total. The molecule has 0 radical (unpaired) electrons. The Labute approximate surface area is 131 Å². The molecule has 0 aliphatic carbocycles. The van der Waals surface area contributed by atoms with Gasteiger partial charge in [-0.05, 0) is 37.0 Å². The monoisotopic (exact) mass is 298 g/mol. The van der Waals surface area contributed by atoms with Gasteiger partial charge in [0.25, 0.3) is 0 Å². The highest BCUT2D eigenvalue weighted by Gasteiger charge is 2.12. The summed E-state index contributed by atoms with van der Waals surface area (Å²) in [4.78, 5) is 11.0. The first-order chi connectivity index (χ1) is 10.8. The summed E-state index contributed by atoms with van der Waals surface area (Å²) in [7, 11) is 1.68. The lowest BCUT2D eigenvalue weighted by molar-refractivity contribution is 0.414. The first-order valence-corrected chi connectivity index (χ1v) is 7.79. The molecule has 1 aromatic carbocycles. The van der Waals surface area contributed by atoms with Crippen molar-refractivity contribution in [1.29, 1.82) is 0 Å². The summed E-state index contributed by atoms with van der Waals surface area (Å²) in [6, 6.07) is 10.1. The van der Waals surface area contributed by atoms with E-state index in [1.807, 2.05) is 18.2 Å². The van der Waals surface area contributed by atoms with Crippen molar-refractivity contribution >= 4 is 11.6 Å². The molecule has 1 N–H and O–H groups in total. The van der Waals surface area contributed by atoms with Crippen molar-refractivity contribution in [3.05, 3.63) is 42.2 Å². The molecule has 1 aliphatic heterocycles.